The Morgan fingerprint density at radius 1 is 1.19 bits per heavy atom. The summed E-state index contributed by atoms with van der Waals surface area (Å²) in [5, 5.41) is 2.90. The Balaban J connectivity index is 2.03. The maximum atomic E-state index is 12.2. The van der Waals surface area contributed by atoms with E-state index >= 15 is 0 Å². The Kier molecular flexibility index (Phi) is 3.80. The molecule has 0 spiro atoms. The second-order valence-electron chi connectivity index (χ2n) is 4.81. The molecule has 1 aliphatic heterocycles. The molecule has 0 unspecified atom stereocenters. The summed E-state index contributed by atoms with van der Waals surface area (Å²) in [5.41, 5.74) is 3.56. The van der Waals surface area contributed by atoms with E-state index in [-0.39, 0.29) is 5.91 Å². The molecule has 106 valence electrons. The molecule has 0 bridgehead atoms. The summed E-state index contributed by atoms with van der Waals surface area (Å²) in [7, 11) is 0. The number of hydrogen-bond donors (Lipinski definition) is 1. The van der Waals surface area contributed by atoms with Crippen molar-refractivity contribution in [1.29, 1.82) is 0 Å². The van der Waals surface area contributed by atoms with Crippen LogP contribution in [0.3, 0.4) is 0 Å². The monoisotopic (exact) mass is 342 g/mol. The number of fused-ring (bicyclic) bond motifs is 1. The van der Waals surface area contributed by atoms with E-state index in [2.05, 4.69) is 33.1 Å². The molecule has 0 radical (unpaired) electrons. The van der Waals surface area contributed by atoms with Crippen molar-refractivity contribution in [2.45, 2.75) is 6.92 Å². The molecule has 0 aliphatic carbocycles. The van der Waals surface area contributed by atoms with E-state index in [1.165, 1.54) is 0 Å². The lowest BCUT2D eigenvalue weighted by Gasteiger charge is -2.19. The molecule has 2 aromatic rings. The van der Waals surface area contributed by atoms with Crippen LogP contribution in [0.25, 0.3) is 5.57 Å². The van der Waals surface area contributed by atoms with Gasteiger partial charge in [0.2, 0.25) is 0 Å². The largest absolute Gasteiger partial charge is 0.347 e. The van der Waals surface area contributed by atoms with Crippen LogP contribution in [0.2, 0.25) is 0 Å². The van der Waals surface area contributed by atoms with Crippen LogP contribution in [0.4, 0.5) is 11.4 Å². The van der Waals surface area contributed by atoms with Crippen molar-refractivity contribution in [3.05, 3.63) is 64.8 Å². The summed E-state index contributed by atoms with van der Waals surface area (Å²) in [6.07, 6.45) is 1.92. The highest BCUT2D eigenvalue weighted by Gasteiger charge is 2.25. The maximum absolute atomic E-state index is 12.2. The molecular formula is C17H15BrN2O. The molecule has 3 rings (SSSR count). The Hall–Kier alpha value is -2.07. The topological polar surface area (TPSA) is 32.3 Å². The number of halogens is 1. The minimum Gasteiger partial charge on any atom is -0.347 e. The van der Waals surface area contributed by atoms with Crippen molar-refractivity contribution >= 4 is 38.8 Å². The van der Waals surface area contributed by atoms with Crippen LogP contribution >= 0.6 is 15.9 Å². The number of carbonyl (C=O) groups is 1. The average molecular weight is 343 g/mol. The first-order valence-corrected chi connectivity index (χ1v) is 7.63. The number of benzene rings is 2. The molecule has 0 saturated carbocycles. The summed E-state index contributed by atoms with van der Waals surface area (Å²) in [4.78, 5) is 14.3. The molecule has 0 saturated heterocycles. The molecule has 4 heteroatoms. The fourth-order valence-electron chi connectivity index (χ4n) is 2.41. The molecule has 1 amide bonds. The third kappa shape index (κ3) is 2.72. The zero-order valence-corrected chi connectivity index (χ0v) is 13.2. The first-order valence-electron chi connectivity index (χ1n) is 6.84. The number of hydrogen-bond acceptors (Lipinski definition) is 2. The summed E-state index contributed by atoms with van der Waals surface area (Å²) >= 11 is 3.46. The Labute approximate surface area is 132 Å². The van der Waals surface area contributed by atoms with Crippen molar-refractivity contribution in [1.82, 2.24) is 0 Å². The second-order valence-corrected chi connectivity index (χ2v) is 5.72. The fourth-order valence-corrected chi connectivity index (χ4v) is 2.77. The predicted molar refractivity (Wildman–Crippen MR) is 90.2 cm³/mol. The van der Waals surface area contributed by atoms with Gasteiger partial charge in [-0.25, -0.2) is 0 Å². The van der Waals surface area contributed by atoms with E-state index in [9.17, 15) is 4.79 Å². The van der Waals surface area contributed by atoms with Crippen LogP contribution in [0.5, 0.6) is 0 Å². The standard InChI is InChI=1S/C17H15BrN2O/c1-2-20(13-6-4-3-5-7-13)11-15-14-10-12(18)8-9-16(14)19-17(15)21/h3-11H,2H2,1H3,(H,19,21)/b15-11+. The lowest BCUT2D eigenvalue weighted by Crippen LogP contribution is -2.17. The minimum atomic E-state index is -0.0579. The number of para-hydroxylation sites is 1. The lowest BCUT2D eigenvalue weighted by molar-refractivity contribution is -0.110. The first-order chi connectivity index (χ1) is 10.2. The molecule has 3 nitrogen and oxygen atoms in total. The van der Waals surface area contributed by atoms with Crippen LogP contribution < -0.4 is 10.2 Å². The summed E-state index contributed by atoms with van der Waals surface area (Å²) in [6, 6.07) is 15.9. The summed E-state index contributed by atoms with van der Waals surface area (Å²) < 4.78 is 0.964. The van der Waals surface area contributed by atoms with Crippen molar-refractivity contribution in [2.75, 3.05) is 16.8 Å². The van der Waals surface area contributed by atoms with Gasteiger partial charge in [-0.1, -0.05) is 34.1 Å². The maximum Gasteiger partial charge on any atom is 0.257 e. The molecule has 1 N–H and O–H groups in total. The van der Waals surface area contributed by atoms with Gasteiger partial charge in [0.1, 0.15) is 0 Å². The predicted octanol–water partition coefficient (Wildman–Crippen LogP) is 4.27. The number of rotatable bonds is 3. The van der Waals surface area contributed by atoms with Gasteiger partial charge in [0.25, 0.3) is 5.91 Å². The lowest BCUT2D eigenvalue weighted by atomic mass is 10.1. The van der Waals surface area contributed by atoms with Gasteiger partial charge in [0.05, 0.1) is 5.57 Å². The number of amides is 1. The smallest absolute Gasteiger partial charge is 0.257 e. The Morgan fingerprint density at radius 3 is 2.67 bits per heavy atom. The fraction of sp³-hybridized carbons (Fsp3) is 0.118. The van der Waals surface area contributed by atoms with Gasteiger partial charge in [0, 0.05) is 34.2 Å². The van der Waals surface area contributed by atoms with Crippen LogP contribution in [0.1, 0.15) is 12.5 Å². The van der Waals surface area contributed by atoms with Crippen LogP contribution in [-0.4, -0.2) is 12.5 Å². The highest BCUT2D eigenvalue weighted by molar-refractivity contribution is 9.10. The summed E-state index contributed by atoms with van der Waals surface area (Å²) in [5.74, 6) is -0.0579. The highest BCUT2D eigenvalue weighted by Crippen LogP contribution is 2.34. The van der Waals surface area contributed by atoms with E-state index in [0.717, 1.165) is 28.0 Å². The van der Waals surface area contributed by atoms with E-state index < -0.39 is 0 Å². The zero-order chi connectivity index (χ0) is 14.8. The van der Waals surface area contributed by atoms with Gasteiger partial charge in [-0.05, 0) is 37.3 Å². The average Bonchev–Trinajstić information content (AvgIpc) is 2.81. The van der Waals surface area contributed by atoms with E-state index in [4.69, 9.17) is 0 Å². The Bertz CT molecular complexity index is 710. The molecule has 21 heavy (non-hydrogen) atoms. The van der Waals surface area contributed by atoms with E-state index in [0.29, 0.717) is 5.57 Å². The molecule has 0 aromatic heterocycles. The normalized spacial score (nSPS) is 15.0. The number of carbonyl (C=O) groups excluding carboxylic acids is 1. The molecule has 0 fully saturated rings. The SMILES string of the molecule is CCN(/C=C1/C(=O)Nc2ccc(Br)cc21)c1ccccc1. The first kappa shape index (κ1) is 13.9. The molecule has 1 aliphatic rings. The molecule has 2 aromatic carbocycles. The van der Waals surface area contributed by atoms with Crippen LogP contribution in [-0.2, 0) is 4.79 Å². The van der Waals surface area contributed by atoms with Crippen molar-refractivity contribution in [3.8, 4) is 0 Å². The second kappa shape index (κ2) is 5.74. The highest BCUT2D eigenvalue weighted by atomic mass is 79.9. The summed E-state index contributed by atoms with van der Waals surface area (Å²) in [6.45, 7) is 2.86. The number of nitrogens with one attached hydrogen (secondary N) is 1. The van der Waals surface area contributed by atoms with Crippen LogP contribution in [0, 0.1) is 0 Å². The minimum absolute atomic E-state index is 0.0579. The molecule has 0 atom stereocenters. The van der Waals surface area contributed by atoms with Gasteiger partial charge in [0.15, 0.2) is 0 Å². The van der Waals surface area contributed by atoms with Crippen molar-refractivity contribution < 1.29 is 4.79 Å². The van der Waals surface area contributed by atoms with Gasteiger partial charge in [-0.3, -0.25) is 4.79 Å². The van der Waals surface area contributed by atoms with Gasteiger partial charge in [-0.15, -0.1) is 0 Å². The molecular weight excluding hydrogens is 328 g/mol. The number of anilines is 2. The van der Waals surface area contributed by atoms with Crippen molar-refractivity contribution in [3.63, 3.8) is 0 Å². The Morgan fingerprint density at radius 2 is 1.95 bits per heavy atom. The third-order valence-corrected chi connectivity index (χ3v) is 3.97. The number of nitrogens with zero attached hydrogens (tertiary/aromatic N) is 1. The van der Waals surface area contributed by atoms with E-state index in [1.54, 1.807) is 0 Å². The van der Waals surface area contributed by atoms with E-state index in [1.807, 2.05) is 54.7 Å². The zero-order valence-electron chi connectivity index (χ0n) is 11.6. The van der Waals surface area contributed by atoms with Gasteiger partial charge >= 0.3 is 0 Å². The quantitative estimate of drug-likeness (QED) is 0.845. The van der Waals surface area contributed by atoms with Gasteiger partial charge < -0.3 is 10.2 Å². The third-order valence-electron chi connectivity index (χ3n) is 3.48. The van der Waals surface area contributed by atoms with Crippen LogP contribution in [0.15, 0.2) is 59.2 Å². The van der Waals surface area contributed by atoms with Crippen molar-refractivity contribution in [2.24, 2.45) is 0 Å². The van der Waals surface area contributed by atoms with Gasteiger partial charge in [-0.2, -0.15) is 0 Å². The molecule has 1 heterocycles.